The van der Waals surface area contributed by atoms with Crippen molar-refractivity contribution in [3.8, 4) is 0 Å². The van der Waals surface area contributed by atoms with E-state index in [1.807, 2.05) is 4.90 Å². The second kappa shape index (κ2) is 8.69. The van der Waals surface area contributed by atoms with Gasteiger partial charge < -0.3 is 10.2 Å². The minimum atomic E-state index is -3.45. The predicted molar refractivity (Wildman–Crippen MR) is 105 cm³/mol. The number of nitrogens with one attached hydrogen (secondary N) is 2. The Morgan fingerprint density at radius 3 is 2.69 bits per heavy atom. The van der Waals surface area contributed by atoms with Gasteiger partial charge in [-0.2, -0.15) is 0 Å². The lowest BCUT2D eigenvalue weighted by molar-refractivity contribution is -0.119. The average molecular weight is 402 g/mol. The van der Waals surface area contributed by atoms with Crippen molar-refractivity contribution in [1.29, 1.82) is 0 Å². The first-order valence-corrected chi connectivity index (χ1v) is 10.5. The van der Waals surface area contributed by atoms with Gasteiger partial charge in [0, 0.05) is 18.7 Å². The molecule has 0 radical (unpaired) electrons. The summed E-state index contributed by atoms with van der Waals surface area (Å²) in [4.78, 5) is 14.9. The van der Waals surface area contributed by atoms with Crippen molar-refractivity contribution in [2.24, 2.45) is 11.8 Å². The summed E-state index contributed by atoms with van der Waals surface area (Å²) in [5.41, 5.74) is 1.79. The number of hydrogen-bond donors (Lipinski definition) is 2. The van der Waals surface area contributed by atoms with Crippen LogP contribution in [-0.2, 0) is 21.2 Å². The SMILES string of the molecule is CNS(=O)(=O)c1ccc2c(c1)CCN2C(=O)CC(C)C1CCNCC1.Cl. The molecule has 146 valence electrons. The first-order chi connectivity index (χ1) is 11.9. The lowest BCUT2D eigenvalue weighted by atomic mass is 9.84. The van der Waals surface area contributed by atoms with Crippen LogP contribution in [0.4, 0.5) is 5.69 Å². The Morgan fingerprint density at radius 1 is 1.35 bits per heavy atom. The van der Waals surface area contributed by atoms with E-state index in [2.05, 4.69) is 17.0 Å². The summed E-state index contributed by atoms with van der Waals surface area (Å²) in [5, 5.41) is 3.36. The highest BCUT2D eigenvalue weighted by atomic mass is 35.5. The third-order valence-electron chi connectivity index (χ3n) is 5.51. The Balaban J connectivity index is 0.00000243. The highest BCUT2D eigenvalue weighted by Gasteiger charge is 2.29. The molecule has 0 aliphatic carbocycles. The summed E-state index contributed by atoms with van der Waals surface area (Å²) in [6, 6.07) is 5.02. The first-order valence-electron chi connectivity index (χ1n) is 9.00. The fourth-order valence-electron chi connectivity index (χ4n) is 3.89. The third kappa shape index (κ3) is 4.39. The maximum atomic E-state index is 12.8. The van der Waals surface area contributed by atoms with Crippen LogP contribution in [0.5, 0.6) is 0 Å². The number of halogens is 1. The fourth-order valence-corrected chi connectivity index (χ4v) is 4.67. The van der Waals surface area contributed by atoms with Crippen LogP contribution in [0.15, 0.2) is 23.1 Å². The summed E-state index contributed by atoms with van der Waals surface area (Å²) in [6.07, 6.45) is 3.53. The molecule has 1 amide bonds. The van der Waals surface area contributed by atoms with E-state index >= 15 is 0 Å². The molecule has 0 bridgehead atoms. The molecule has 2 aliphatic rings. The Bertz CT molecular complexity index is 748. The number of piperidine rings is 1. The van der Waals surface area contributed by atoms with Crippen LogP contribution in [0.3, 0.4) is 0 Å². The molecule has 6 nitrogen and oxygen atoms in total. The number of carbonyl (C=O) groups excluding carboxylic acids is 1. The van der Waals surface area contributed by atoms with Gasteiger partial charge in [-0.15, -0.1) is 12.4 Å². The molecule has 2 N–H and O–H groups in total. The largest absolute Gasteiger partial charge is 0.317 e. The van der Waals surface area contributed by atoms with E-state index in [4.69, 9.17) is 0 Å². The predicted octanol–water partition coefficient (Wildman–Crippen LogP) is 1.93. The lowest BCUT2D eigenvalue weighted by Crippen LogP contribution is -2.35. The molecule has 1 aromatic rings. The number of anilines is 1. The molecule has 0 spiro atoms. The zero-order valence-corrected chi connectivity index (χ0v) is 17.0. The van der Waals surface area contributed by atoms with E-state index in [1.165, 1.54) is 7.05 Å². The zero-order chi connectivity index (χ0) is 18.0. The standard InChI is InChI=1S/C18H27N3O3S.ClH/c1-13(14-5-8-20-9-6-14)11-18(22)21-10-7-15-12-16(3-4-17(15)21)25(23,24)19-2;/h3-4,12-14,19-20H,5-11H2,1-2H3;1H. The van der Waals surface area contributed by atoms with Gasteiger partial charge in [0.1, 0.15) is 0 Å². The number of benzene rings is 1. The van der Waals surface area contributed by atoms with Crippen LogP contribution in [0.25, 0.3) is 0 Å². The summed E-state index contributed by atoms with van der Waals surface area (Å²) in [6.45, 7) is 4.89. The zero-order valence-electron chi connectivity index (χ0n) is 15.3. The normalized spacial score (nSPS) is 18.9. The number of hydrogen-bond acceptors (Lipinski definition) is 4. The first kappa shape index (κ1) is 21.2. The van der Waals surface area contributed by atoms with Gasteiger partial charge in [-0.1, -0.05) is 6.92 Å². The van der Waals surface area contributed by atoms with Gasteiger partial charge in [-0.3, -0.25) is 4.79 Å². The molecule has 0 saturated carbocycles. The Labute approximate surface area is 162 Å². The van der Waals surface area contributed by atoms with Crippen LogP contribution in [0.2, 0.25) is 0 Å². The van der Waals surface area contributed by atoms with Gasteiger partial charge in [0.05, 0.1) is 4.90 Å². The van der Waals surface area contributed by atoms with E-state index in [0.717, 1.165) is 37.2 Å². The fraction of sp³-hybridized carbons (Fsp3) is 0.611. The number of sulfonamides is 1. The molecular formula is C18H28ClN3O3S. The minimum absolute atomic E-state index is 0. The summed E-state index contributed by atoms with van der Waals surface area (Å²) >= 11 is 0. The smallest absolute Gasteiger partial charge is 0.240 e. The molecule has 1 unspecified atom stereocenters. The summed E-state index contributed by atoms with van der Waals surface area (Å²) in [5.74, 6) is 1.13. The Kier molecular flexibility index (Phi) is 7.07. The number of fused-ring (bicyclic) bond motifs is 1. The van der Waals surface area contributed by atoms with E-state index in [-0.39, 0.29) is 23.2 Å². The van der Waals surface area contributed by atoms with Crippen molar-refractivity contribution < 1.29 is 13.2 Å². The molecule has 1 aromatic carbocycles. The number of rotatable bonds is 5. The maximum absolute atomic E-state index is 12.8. The van der Waals surface area contributed by atoms with Crippen LogP contribution in [0.1, 0.15) is 31.7 Å². The van der Waals surface area contributed by atoms with E-state index in [9.17, 15) is 13.2 Å². The van der Waals surface area contributed by atoms with Crippen molar-refractivity contribution in [1.82, 2.24) is 10.0 Å². The molecule has 26 heavy (non-hydrogen) atoms. The van der Waals surface area contributed by atoms with Crippen LogP contribution in [0, 0.1) is 11.8 Å². The maximum Gasteiger partial charge on any atom is 0.240 e. The number of carbonyl (C=O) groups is 1. The van der Waals surface area contributed by atoms with Gasteiger partial charge >= 0.3 is 0 Å². The molecule has 3 rings (SSSR count). The Hall–Kier alpha value is -1.15. The van der Waals surface area contributed by atoms with Gasteiger partial charge in [0.25, 0.3) is 0 Å². The van der Waals surface area contributed by atoms with Crippen LogP contribution >= 0.6 is 12.4 Å². The lowest BCUT2D eigenvalue weighted by Gasteiger charge is -2.29. The third-order valence-corrected chi connectivity index (χ3v) is 6.92. The molecule has 2 aliphatic heterocycles. The molecule has 0 aromatic heterocycles. The van der Waals surface area contributed by atoms with Gasteiger partial charge in [0.2, 0.25) is 15.9 Å². The average Bonchev–Trinajstić information content (AvgIpc) is 3.05. The quantitative estimate of drug-likeness (QED) is 0.790. The summed E-state index contributed by atoms with van der Waals surface area (Å²) in [7, 11) is -2.05. The molecule has 2 heterocycles. The van der Waals surface area contributed by atoms with Crippen molar-refractivity contribution in [3.05, 3.63) is 23.8 Å². The van der Waals surface area contributed by atoms with Crippen molar-refractivity contribution >= 4 is 34.0 Å². The van der Waals surface area contributed by atoms with Crippen LogP contribution < -0.4 is 14.9 Å². The van der Waals surface area contributed by atoms with Crippen molar-refractivity contribution in [2.45, 2.75) is 37.5 Å². The van der Waals surface area contributed by atoms with Gasteiger partial charge in [-0.05, 0) is 75.0 Å². The number of amides is 1. The molecule has 1 atom stereocenters. The van der Waals surface area contributed by atoms with Crippen molar-refractivity contribution in [3.63, 3.8) is 0 Å². The van der Waals surface area contributed by atoms with E-state index < -0.39 is 10.0 Å². The van der Waals surface area contributed by atoms with Crippen molar-refractivity contribution in [2.75, 3.05) is 31.6 Å². The highest BCUT2D eigenvalue weighted by Crippen LogP contribution is 2.32. The molecule has 8 heteroatoms. The topological polar surface area (TPSA) is 78.5 Å². The number of nitrogens with zero attached hydrogens (tertiary/aromatic N) is 1. The Morgan fingerprint density at radius 2 is 2.04 bits per heavy atom. The highest BCUT2D eigenvalue weighted by molar-refractivity contribution is 7.89. The van der Waals surface area contributed by atoms with E-state index in [1.54, 1.807) is 18.2 Å². The second-order valence-electron chi connectivity index (χ2n) is 7.06. The van der Waals surface area contributed by atoms with Gasteiger partial charge in [0.15, 0.2) is 0 Å². The van der Waals surface area contributed by atoms with Gasteiger partial charge in [-0.25, -0.2) is 13.1 Å². The van der Waals surface area contributed by atoms with Crippen LogP contribution in [-0.4, -0.2) is 41.0 Å². The molecule has 1 saturated heterocycles. The minimum Gasteiger partial charge on any atom is -0.317 e. The second-order valence-corrected chi connectivity index (χ2v) is 8.95. The molecular weight excluding hydrogens is 374 g/mol. The molecule has 1 fully saturated rings. The monoisotopic (exact) mass is 401 g/mol. The summed E-state index contributed by atoms with van der Waals surface area (Å²) < 4.78 is 26.2. The van der Waals surface area contributed by atoms with E-state index in [0.29, 0.717) is 31.2 Å².